The molecule has 1 aliphatic rings. The molecular weight excluding hydrogens is 328 g/mol. The highest BCUT2D eigenvalue weighted by Gasteiger charge is 2.28. The van der Waals surface area contributed by atoms with Crippen LogP contribution in [0.1, 0.15) is 33.1 Å². The minimum atomic E-state index is 0.0287. The van der Waals surface area contributed by atoms with E-state index in [-0.39, 0.29) is 11.8 Å². The maximum absolute atomic E-state index is 12.5. The summed E-state index contributed by atoms with van der Waals surface area (Å²) in [6.07, 6.45) is 2.83. The predicted molar refractivity (Wildman–Crippen MR) is 104 cm³/mol. The third kappa shape index (κ3) is 4.18. The molecule has 3 rings (SSSR count). The first-order chi connectivity index (χ1) is 12.7. The highest BCUT2D eigenvalue weighted by atomic mass is 16.5. The molecule has 1 saturated heterocycles. The van der Waals surface area contributed by atoms with Crippen molar-refractivity contribution in [3.63, 3.8) is 0 Å². The summed E-state index contributed by atoms with van der Waals surface area (Å²) in [6.45, 7) is 8.81. The molecule has 0 spiro atoms. The first-order valence-electron chi connectivity index (χ1n) is 9.80. The molecule has 1 aromatic carbocycles. The Morgan fingerprint density at radius 3 is 3.00 bits per heavy atom. The van der Waals surface area contributed by atoms with Crippen LogP contribution in [0.5, 0.6) is 0 Å². The Labute approximate surface area is 155 Å². The molecule has 2 heterocycles. The maximum atomic E-state index is 12.5. The lowest BCUT2D eigenvalue weighted by Gasteiger charge is -2.33. The molecule has 2 aromatic rings. The summed E-state index contributed by atoms with van der Waals surface area (Å²) in [7, 11) is 0. The van der Waals surface area contributed by atoms with Crippen LogP contribution in [0.15, 0.2) is 24.3 Å². The smallest absolute Gasteiger partial charge is 0.224 e. The number of ether oxygens (including phenoxy) is 1. The Morgan fingerprint density at radius 2 is 2.19 bits per heavy atom. The van der Waals surface area contributed by atoms with Crippen molar-refractivity contribution >= 4 is 22.9 Å². The van der Waals surface area contributed by atoms with E-state index in [2.05, 4.69) is 39.9 Å². The fraction of sp³-hybridized carbons (Fsp3) is 0.600. The van der Waals surface area contributed by atoms with E-state index in [4.69, 9.17) is 9.72 Å². The average molecular weight is 358 g/mol. The zero-order valence-electron chi connectivity index (χ0n) is 15.9. The van der Waals surface area contributed by atoms with Gasteiger partial charge in [-0.15, -0.1) is 0 Å². The van der Waals surface area contributed by atoms with Crippen molar-refractivity contribution < 1.29 is 9.53 Å². The van der Waals surface area contributed by atoms with E-state index in [1.807, 2.05) is 13.0 Å². The molecule has 1 amide bonds. The van der Waals surface area contributed by atoms with Crippen LogP contribution in [0.4, 0.5) is 5.95 Å². The Bertz CT molecular complexity index is 728. The highest BCUT2D eigenvalue weighted by Crippen LogP contribution is 2.27. The van der Waals surface area contributed by atoms with E-state index in [9.17, 15) is 4.79 Å². The minimum Gasteiger partial charge on any atom is -0.382 e. The van der Waals surface area contributed by atoms with Gasteiger partial charge in [-0.3, -0.25) is 4.79 Å². The monoisotopic (exact) mass is 358 g/mol. The van der Waals surface area contributed by atoms with Crippen molar-refractivity contribution in [3.05, 3.63) is 24.3 Å². The number of rotatable bonds is 8. The first kappa shape index (κ1) is 18.7. The van der Waals surface area contributed by atoms with Crippen molar-refractivity contribution in [1.82, 2.24) is 14.9 Å². The van der Waals surface area contributed by atoms with E-state index in [1.165, 1.54) is 0 Å². The molecule has 1 aliphatic heterocycles. The van der Waals surface area contributed by atoms with E-state index < -0.39 is 0 Å². The van der Waals surface area contributed by atoms with Gasteiger partial charge in [-0.1, -0.05) is 12.1 Å². The normalized spacial score (nSPS) is 17.6. The number of carbonyl (C=O) groups is 1. The van der Waals surface area contributed by atoms with Crippen LogP contribution in [0.3, 0.4) is 0 Å². The molecule has 6 heteroatoms. The number of benzene rings is 1. The number of fused-ring (bicyclic) bond motifs is 1. The second-order valence-corrected chi connectivity index (χ2v) is 6.77. The van der Waals surface area contributed by atoms with Crippen LogP contribution in [0.2, 0.25) is 0 Å². The van der Waals surface area contributed by atoms with Gasteiger partial charge in [-0.25, -0.2) is 4.98 Å². The van der Waals surface area contributed by atoms with Gasteiger partial charge in [0.1, 0.15) is 0 Å². The van der Waals surface area contributed by atoms with Crippen molar-refractivity contribution in [2.75, 3.05) is 37.7 Å². The van der Waals surface area contributed by atoms with Crippen LogP contribution >= 0.6 is 0 Å². The lowest BCUT2D eigenvalue weighted by molar-refractivity contribution is -0.125. The highest BCUT2D eigenvalue weighted by molar-refractivity contribution is 5.81. The molecular formula is C20H30N4O2. The Kier molecular flexibility index (Phi) is 6.50. The lowest BCUT2D eigenvalue weighted by Crippen LogP contribution is -2.44. The number of hydrogen-bond acceptors (Lipinski definition) is 4. The number of piperidine rings is 1. The van der Waals surface area contributed by atoms with E-state index >= 15 is 0 Å². The van der Waals surface area contributed by atoms with Crippen molar-refractivity contribution in [2.24, 2.45) is 5.92 Å². The lowest BCUT2D eigenvalue weighted by atomic mass is 9.97. The van der Waals surface area contributed by atoms with Crippen molar-refractivity contribution in [2.45, 2.75) is 39.7 Å². The number of nitrogens with zero attached hydrogens (tertiary/aromatic N) is 3. The largest absolute Gasteiger partial charge is 0.382 e. The molecule has 1 aromatic heterocycles. The number of amides is 1. The SMILES string of the molecule is CCOCCCNC(=O)[C@H]1CCCN(c2nc3ccccc3n2CC)C1. The fourth-order valence-corrected chi connectivity index (χ4v) is 3.66. The van der Waals surface area contributed by atoms with E-state index in [0.29, 0.717) is 13.2 Å². The van der Waals surface area contributed by atoms with Crippen LogP contribution in [-0.4, -0.2) is 48.3 Å². The molecule has 0 bridgehead atoms. The van der Waals surface area contributed by atoms with Gasteiger partial charge in [0.15, 0.2) is 0 Å². The van der Waals surface area contributed by atoms with Gasteiger partial charge >= 0.3 is 0 Å². The van der Waals surface area contributed by atoms with Gasteiger partial charge in [-0.2, -0.15) is 0 Å². The first-order valence-corrected chi connectivity index (χ1v) is 9.80. The predicted octanol–water partition coefficient (Wildman–Crippen LogP) is 2.82. The number of anilines is 1. The van der Waals surface area contributed by atoms with Crippen molar-refractivity contribution in [3.8, 4) is 0 Å². The third-order valence-corrected chi connectivity index (χ3v) is 4.99. The topological polar surface area (TPSA) is 59.4 Å². The molecule has 142 valence electrons. The van der Waals surface area contributed by atoms with Gasteiger partial charge in [-0.05, 0) is 45.2 Å². The van der Waals surface area contributed by atoms with Gasteiger partial charge in [0.2, 0.25) is 11.9 Å². The summed E-state index contributed by atoms with van der Waals surface area (Å²) in [6, 6.07) is 8.24. The van der Waals surface area contributed by atoms with Crippen LogP contribution in [0, 0.1) is 5.92 Å². The molecule has 1 atom stereocenters. The summed E-state index contributed by atoms with van der Waals surface area (Å²) in [5.74, 6) is 1.17. The summed E-state index contributed by atoms with van der Waals surface area (Å²) in [4.78, 5) is 19.6. The third-order valence-electron chi connectivity index (χ3n) is 4.99. The zero-order chi connectivity index (χ0) is 18.4. The molecule has 0 unspecified atom stereocenters. The number of nitrogens with one attached hydrogen (secondary N) is 1. The number of aromatic nitrogens is 2. The fourth-order valence-electron chi connectivity index (χ4n) is 3.66. The van der Waals surface area contributed by atoms with Crippen LogP contribution in [-0.2, 0) is 16.1 Å². The van der Waals surface area contributed by atoms with E-state index in [1.54, 1.807) is 0 Å². The van der Waals surface area contributed by atoms with Gasteiger partial charge < -0.3 is 19.5 Å². The number of hydrogen-bond donors (Lipinski definition) is 1. The number of para-hydroxylation sites is 2. The average Bonchev–Trinajstić information content (AvgIpc) is 3.06. The summed E-state index contributed by atoms with van der Waals surface area (Å²) < 4.78 is 7.57. The summed E-state index contributed by atoms with van der Waals surface area (Å²) in [5, 5.41) is 3.07. The van der Waals surface area contributed by atoms with Crippen molar-refractivity contribution in [1.29, 1.82) is 0 Å². The van der Waals surface area contributed by atoms with Crippen LogP contribution < -0.4 is 10.2 Å². The minimum absolute atomic E-state index is 0.0287. The Morgan fingerprint density at radius 1 is 1.35 bits per heavy atom. The Balaban J connectivity index is 1.64. The zero-order valence-corrected chi connectivity index (χ0v) is 15.9. The molecule has 1 N–H and O–H groups in total. The summed E-state index contributed by atoms with van der Waals surface area (Å²) >= 11 is 0. The van der Waals surface area contributed by atoms with Gasteiger partial charge in [0.05, 0.1) is 17.0 Å². The quantitative estimate of drug-likeness (QED) is 0.737. The van der Waals surface area contributed by atoms with Gasteiger partial charge in [0.25, 0.3) is 0 Å². The molecule has 6 nitrogen and oxygen atoms in total. The number of carbonyl (C=O) groups excluding carboxylic acids is 1. The second kappa shape index (κ2) is 9.03. The Hall–Kier alpha value is -2.08. The van der Waals surface area contributed by atoms with Gasteiger partial charge in [0, 0.05) is 39.4 Å². The molecule has 0 saturated carbocycles. The number of imidazole rings is 1. The molecule has 0 radical (unpaired) electrons. The van der Waals surface area contributed by atoms with E-state index in [0.717, 1.165) is 62.5 Å². The molecule has 0 aliphatic carbocycles. The molecule has 1 fully saturated rings. The second-order valence-electron chi connectivity index (χ2n) is 6.77. The molecule has 26 heavy (non-hydrogen) atoms. The maximum Gasteiger partial charge on any atom is 0.224 e. The summed E-state index contributed by atoms with van der Waals surface area (Å²) in [5.41, 5.74) is 2.18. The standard InChI is InChI=1S/C20H30N4O2/c1-3-24-18-11-6-5-10-17(18)22-20(24)23-13-7-9-16(15-23)19(25)21-12-8-14-26-4-2/h5-6,10-11,16H,3-4,7-9,12-15H2,1-2H3,(H,21,25)/t16-/m0/s1. The number of aryl methyl sites for hydroxylation is 1. The van der Waals surface area contributed by atoms with Crippen LogP contribution in [0.25, 0.3) is 11.0 Å².